The fourth-order valence-corrected chi connectivity index (χ4v) is 3.37. The molecule has 0 spiro atoms. The minimum absolute atomic E-state index is 0.535. The van der Waals surface area contributed by atoms with Crippen LogP contribution < -0.4 is 4.74 Å². The molecular weight excluding hydrogens is 296 g/mol. The second-order valence-electron chi connectivity index (χ2n) is 4.98. The third-order valence-corrected chi connectivity index (χ3v) is 4.36. The lowest BCUT2D eigenvalue weighted by Gasteiger charge is -2.12. The molecule has 114 valence electrons. The first-order valence-corrected chi connectivity index (χ1v) is 7.83. The van der Waals surface area contributed by atoms with Crippen LogP contribution in [0.2, 0.25) is 0 Å². The van der Waals surface area contributed by atoms with E-state index in [1.165, 1.54) is 11.8 Å². The van der Waals surface area contributed by atoms with Crippen LogP contribution in [0.5, 0.6) is 5.75 Å². The summed E-state index contributed by atoms with van der Waals surface area (Å²) in [6.45, 7) is 7.63. The number of rotatable bonds is 4. The summed E-state index contributed by atoms with van der Waals surface area (Å²) in [6.07, 6.45) is 1.81. The lowest BCUT2D eigenvalue weighted by Crippen LogP contribution is -2.01. The van der Waals surface area contributed by atoms with Gasteiger partial charge in [-0.2, -0.15) is 5.26 Å². The van der Waals surface area contributed by atoms with Crippen molar-refractivity contribution in [3.05, 3.63) is 40.1 Å². The molecule has 0 saturated carbocycles. The number of ether oxygens (including phenoxy) is 1. The van der Waals surface area contributed by atoms with Crippen molar-refractivity contribution in [3.8, 4) is 11.8 Å². The van der Waals surface area contributed by atoms with Crippen LogP contribution in [0.3, 0.4) is 0 Å². The molecule has 0 N–H and O–H groups in total. The Morgan fingerprint density at radius 1 is 1.23 bits per heavy atom. The van der Waals surface area contributed by atoms with Gasteiger partial charge in [-0.1, -0.05) is 11.8 Å². The highest BCUT2D eigenvalue weighted by Crippen LogP contribution is 2.30. The van der Waals surface area contributed by atoms with Gasteiger partial charge in [0.2, 0.25) is 0 Å². The number of pyridine rings is 1. The molecule has 0 atom stereocenters. The van der Waals surface area contributed by atoms with Gasteiger partial charge in [-0.05, 0) is 27.7 Å². The molecule has 6 heteroatoms. The summed E-state index contributed by atoms with van der Waals surface area (Å²) < 4.78 is 5.42. The molecular formula is C16H18N4OS. The molecule has 0 bridgehead atoms. The Morgan fingerprint density at radius 3 is 2.59 bits per heavy atom. The number of aromatic nitrogens is 3. The second-order valence-corrected chi connectivity index (χ2v) is 5.95. The van der Waals surface area contributed by atoms with Crippen LogP contribution in [0, 0.1) is 39.0 Å². The zero-order chi connectivity index (χ0) is 16.3. The van der Waals surface area contributed by atoms with E-state index >= 15 is 0 Å². The Labute approximate surface area is 134 Å². The first-order chi connectivity index (χ1) is 10.5. The summed E-state index contributed by atoms with van der Waals surface area (Å²) in [4.78, 5) is 13.1. The van der Waals surface area contributed by atoms with Crippen molar-refractivity contribution in [2.24, 2.45) is 0 Å². The van der Waals surface area contributed by atoms with E-state index in [4.69, 9.17) is 4.74 Å². The molecule has 0 saturated heterocycles. The summed E-state index contributed by atoms with van der Waals surface area (Å²) in [5.74, 6) is 2.17. The van der Waals surface area contributed by atoms with E-state index in [9.17, 15) is 5.26 Å². The van der Waals surface area contributed by atoms with Crippen LogP contribution in [0.15, 0.2) is 11.2 Å². The van der Waals surface area contributed by atoms with Crippen LogP contribution in [0.1, 0.15) is 33.9 Å². The molecule has 5 nitrogen and oxygen atoms in total. The average Bonchev–Trinajstić information content (AvgIpc) is 2.46. The number of thioether (sulfide) groups is 1. The average molecular weight is 314 g/mol. The highest BCUT2D eigenvalue weighted by Gasteiger charge is 2.14. The van der Waals surface area contributed by atoms with Crippen molar-refractivity contribution >= 4 is 11.8 Å². The molecule has 2 aromatic rings. The van der Waals surface area contributed by atoms with Gasteiger partial charge in [-0.15, -0.1) is 0 Å². The van der Waals surface area contributed by atoms with Gasteiger partial charge in [0.15, 0.2) is 0 Å². The zero-order valence-corrected chi connectivity index (χ0v) is 14.2. The molecule has 2 aromatic heterocycles. The predicted octanol–water partition coefficient (Wildman–Crippen LogP) is 3.28. The standard InChI is InChI=1S/C16H18N4OS/c1-9-7-18-14(10(2)15(9)21-5)8-22-16-13(6-17)11(3)19-12(4)20-16/h7H,8H2,1-5H3. The molecule has 22 heavy (non-hydrogen) atoms. The maximum Gasteiger partial charge on any atom is 0.128 e. The molecule has 0 aliphatic heterocycles. The summed E-state index contributed by atoms with van der Waals surface area (Å²) in [5, 5.41) is 9.98. The number of nitriles is 1. The predicted molar refractivity (Wildman–Crippen MR) is 86.0 cm³/mol. The summed E-state index contributed by atoms with van der Waals surface area (Å²) in [6, 6.07) is 2.18. The number of methoxy groups -OCH3 is 1. The van der Waals surface area contributed by atoms with E-state index in [1.54, 1.807) is 7.11 Å². The fraction of sp³-hybridized carbons (Fsp3) is 0.375. The van der Waals surface area contributed by atoms with E-state index in [-0.39, 0.29) is 0 Å². The van der Waals surface area contributed by atoms with Gasteiger partial charge in [0.25, 0.3) is 0 Å². The minimum atomic E-state index is 0.535. The first kappa shape index (κ1) is 16.2. The van der Waals surface area contributed by atoms with Gasteiger partial charge >= 0.3 is 0 Å². The number of aryl methyl sites for hydroxylation is 3. The number of hydrogen-bond acceptors (Lipinski definition) is 6. The van der Waals surface area contributed by atoms with Crippen LogP contribution >= 0.6 is 11.8 Å². The van der Waals surface area contributed by atoms with E-state index in [0.717, 1.165) is 22.6 Å². The monoisotopic (exact) mass is 314 g/mol. The molecule has 0 radical (unpaired) electrons. The minimum Gasteiger partial charge on any atom is -0.496 e. The van der Waals surface area contributed by atoms with Gasteiger partial charge in [0.05, 0.1) is 18.5 Å². The fourth-order valence-electron chi connectivity index (χ4n) is 2.27. The number of nitrogens with zero attached hydrogens (tertiary/aromatic N) is 4. The Kier molecular flexibility index (Phi) is 4.99. The molecule has 0 amide bonds. The molecule has 2 heterocycles. The zero-order valence-electron chi connectivity index (χ0n) is 13.4. The van der Waals surface area contributed by atoms with E-state index in [0.29, 0.717) is 27.9 Å². The molecule has 0 aromatic carbocycles. The van der Waals surface area contributed by atoms with Crippen molar-refractivity contribution in [2.45, 2.75) is 38.5 Å². The SMILES string of the molecule is COc1c(C)cnc(CSc2nc(C)nc(C)c2C#N)c1C. The van der Waals surface area contributed by atoms with E-state index in [1.807, 2.05) is 33.9 Å². The maximum atomic E-state index is 9.28. The Bertz CT molecular complexity index is 753. The van der Waals surface area contributed by atoms with Crippen LogP contribution in [-0.4, -0.2) is 22.1 Å². The third kappa shape index (κ3) is 3.20. The topological polar surface area (TPSA) is 71.7 Å². The lowest BCUT2D eigenvalue weighted by atomic mass is 10.1. The molecule has 2 rings (SSSR count). The van der Waals surface area contributed by atoms with Crippen molar-refractivity contribution in [1.29, 1.82) is 5.26 Å². The normalized spacial score (nSPS) is 10.4. The van der Waals surface area contributed by atoms with Crippen molar-refractivity contribution < 1.29 is 4.74 Å². The Balaban J connectivity index is 2.30. The van der Waals surface area contributed by atoms with Crippen LogP contribution in [-0.2, 0) is 5.75 Å². The molecule has 0 aliphatic carbocycles. The lowest BCUT2D eigenvalue weighted by molar-refractivity contribution is 0.407. The summed E-state index contributed by atoms with van der Waals surface area (Å²) >= 11 is 1.50. The van der Waals surface area contributed by atoms with Gasteiger partial charge in [-0.25, -0.2) is 9.97 Å². The highest BCUT2D eigenvalue weighted by molar-refractivity contribution is 7.98. The van der Waals surface area contributed by atoms with Crippen LogP contribution in [0.4, 0.5) is 0 Å². The van der Waals surface area contributed by atoms with E-state index < -0.39 is 0 Å². The van der Waals surface area contributed by atoms with Gasteiger partial charge in [-0.3, -0.25) is 4.98 Å². The van der Waals surface area contributed by atoms with Crippen LogP contribution in [0.25, 0.3) is 0 Å². The Morgan fingerprint density at radius 2 is 1.95 bits per heavy atom. The van der Waals surface area contributed by atoms with Gasteiger partial charge < -0.3 is 4.74 Å². The number of hydrogen-bond donors (Lipinski definition) is 0. The Hall–Kier alpha value is -2.13. The summed E-state index contributed by atoms with van der Waals surface area (Å²) in [5.41, 5.74) is 4.22. The smallest absolute Gasteiger partial charge is 0.128 e. The van der Waals surface area contributed by atoms with Gasteiger partial charge in [0, 0.05) is 23.1 Å². The second kappa shape index (κ2) is 6.75. The highest BCUT2D eigenvalue weighted by atomic mass is 32.2. The maximum absolute atomic E-state index is 9.28. The van der Waals surface area contributed by atoms with Crippen molar-refractivity contribution in [2.75, 3.05) is 7.11 Å². The molecule has 0 aliphatic rings. The molecule has 0 fully saturated rings. The quantitative estimate of drug-likeness (QED) is 0.637. The summed E-state index contributed by atoms with van der Waals surface area (Å²) in [7, 11) is 1.66. The van der Waals surface area contributed by atoms with Crippen molar-refractivity contribution in [3.63, 3.8) is 0 Å². The van der Waals surface area contributed by atoms with Crippen molar-refractivity contribution in [1.82, 2.24) is 15.0 Å². The molecule has 0 unspecified atom stereocenters. The van der Waals surface area contributed by atoms with E-state index in [2.05, 4.69) is 21.0 Å². The first-order valence-electron chi connectivity index (χ1n) is 6.85. The largest absolute Gasteiger partial charge is 0.496 e. The third-order valence-electron chi connectivity index (χ3n) is 3.38. The van der Waals surface area contributed by atoms with Gasteiger partial charge in [0.1, 0.15) is 28.2 Å².